The number of nitrogens with two attached hydrogens (primary N) is 1. The third kappa shape index (κ3) is 9.43. The van der Waals surface area contributed by atoms with Crippen LogP contribution in [0.25, 0.3) is 10.9 Å². The molecule has 8 N–H and O–H groups in total. The van der Waals surface area contributed by atoms with Crippen molar-refractivity contribution in [2.75, 3.05) is 6.54 Å². The predicted octanol–water partition coefficient (Wildman–Crippen LogP) is 2.62. The van der Waals surface area contributed by atoms with Crippen molar-refractivity contribution in [3.8, 4) is 5.75 Å². The van der Waals surface area contributed by atoms with Gasteiger partial charge in [0.1, 0.15) is 23.9 Å². The van der Waals surface area contributed by atoms with Crippen LogP contribution in [0.1, 0.15) is 43.4 Å². The average molecular weight is 641 g/mol. The molecule has 3 aromatic carbocycles. The molecule has 0 spiro atoms. The number of phenolic OH excluding ortho intramolecular Hbond substituents is 1. The fraction of sp³-hybridized carbons (Fsp3) is 0.333. The maximum Gasteiger partial charge on any atom is 0.243 e. The smallest absolute Gasteiger partial charge is 0.243 e. The molecule has 1 aromatic heterocycles. The lowest BCUT2D eigenvalue weighted by atomic mass is 10.0. The Labute approximate surface area is 274 Å². The van der Waals surface area contributed by atoms with Crippen molar-refractivity contribution >= 4 is 34.5 Å². The first-order chi connectivity index (χ1) is 22.3. The van der Waals surface area contributed by atoms with Crippen molar-refractivity contribution < 1.29 is 24.3 Å². The summed E-state index contributed by atoms with van der Waals surface area (Å²) in [6.45, 7) is 0.349. The minimum absolute atomic E-state index is 0. The van der Waals surface area contributed by atoms with E-state index in [0.717, 1.165) is 27.6 Å². The van der Waals surface area contributed by atoms with Gasteiger partial charge >= 0.3 is 0 Å². The van der Waals surface area contributed by atoms with Gasteiger partial charge in [0.2, 0.25) is 23.6 Å². The van der Waals surface area contributed by atoms with Gasteiger partial charge in [-0.1, -0.05) is 68.1 Å². The quantitative estimate of drug-likeness (QED) is 0.156. The van der Waals surface area contributed by atoms with E-state index >= 15 is 0 Å². The van der Waals surface area contributed by atoms with Crippen LogP contribution in [-0.4, -0.2) is 64.4 Å². The normalized spacial score (nSPS) is 19.9. The molecule has 11 nitrogen and oxygen atoms in total. The summed E-state index contributed by atoms with van der Waals surface area (Å²) in [5.74, 6) is -1.73. The Morgan fingerprint density at radius 2 is 1.51 bits per heavy atom. The highest BCUT2D eigenvalue weighted by Crippen LogP contribution is 2.20. The van der Waals surface area contributed by atoms with Crippen molar-refractivity contribution in [1.29, 1.82) is 0 Å². The van der Waals surface area contributed by atoms with Gasteiger partial charge in [0.15, 0.2) is 0 Å². The molecule has 47 heavy (non-hydrogen) atoms. The minimum Gasteiger partial charge on any atom is -0.508 e. The maximum atomic E-state index is 13.9. The van der Waals surface area contributed by atoms with Gasteiger partial charge in [-0.2, -0.15) is 0 Å². The Bertz CT molecular complexity index is 1660. The van der Waals surface area contributed by atoms with Gasteiger partial charge in [0, 0.05) is 36.5 Å². The van der Waals surface area contributed by atoms with Gasteiger partial charge in [-0.15, -0.1) is 0 Å². The van der Waals surface area contributed by atoms with Crippen molar-refractivity contribution in [2.45, 2.75) is 70.1 Å². The topological polar surface area (TPSA) is 178 Å². The number of nitrogens with one attached hydrogen (secondary N) is 5. The number of rotatable bonds is 8. The van der Waals surface area contributed by atoms with Crippen LogP contribution in [0.4, 0.5) is 0 Å². The van der Waals surface area contributed by atoms with Gasteiger partial charge in [0.25, 0.3) is 0 Å². The molecule has 1 fully saturated rings. The fourth-order valence-electron chi connectivity index (χ4n) is 5.67. The Kier molecular flexibility index (Phi) is 12.1. The summed E-state index contributed by atoms with van der Waals surface area (Å²) < 4.78 is 0. The lowest BCUT2D eigenvalue weighted by Gasteiger charge is -2.25. The first kappa shape index (κ1) is 34.7. The van der Waals surface area contributed by atoms with Gasteiger partial charge in [0.05, 0.1) is 6.04 Å². The van der Waals surface area contributed by atoms with E-state index in [1.54, 1.807) is 18.3 Å². The van der Waals surface area contributed by atoms with Crippen LogP contribution in [0.3, 0.4) is 0 Å². The number of hydrogen-bond donors (Lipinski definition) is 7. The third-order valence-electron chi connectivity index (χ3n) is 8.23. The Balaban J connectivity index is 0.00000500. The van der Waals surface area contributed by atoms with E-state index in [1.165, 1.54) is 12.1 Å². The Morgan fingerprint density at radius 3 is 2.28 bits per heavy atom. The highest BCUT2D eigenvalue weighted by atomic mass is 16.3. The molecule has 0 saturated carbocycles. The minimum atomic E-state index is -1.04. The zero-order chi connectivity index (χ0) is 32.5. The summed E-state index contributed by atoms with van der Waals surface area (Å²) in [4.78, 5) is 57.3. The van der Waals surface area contributed by atoms with Crippen LogP contribution >= 0.6 is 0 Å². The first-order valence-electron chi connectivity index (χ1n) is 15.6. The van der Waals surface area contributed by atoms with E-state index in [-0.39, 0.29) is 44.8 Å². The molecule has 0 bridgehead atoms. The van der Waals surface area contributed by atoms with Gasteiger partial charge in [-0.25, -0.2) is 0 Å². The first-order valence-corrected chi connectivity index (χ1v) is 15.6. The zero-order valence-corrected chi connectivity index (χ0v) is 25.5. The number of carbonyl (C=O) groups excluding carboxylic acids is 4. The van der Waals surface area contributed by atoms with E-state index in [2.05, 4.69) is 26.3 Å². The second-order valence-electron chi connectivity index (χ2n) is 11.7. The Morgan fingerprint density at radius 1 is 0.830 bits per heavy atom. The molecule has 4 amide bonds. The number of phenols is 1. The lowest BCUT2D eigenvalue weighted by molar-refractivity contribution is -0.133. The number of para-hydroxylation sites is 1. The second-order valence-corrected chi connectivity index (χ2v) is 11.7. The van der Waals surface area contributed by atoms with Crippen LogP contribution in [-0.2, 0) is 38.4 Å². The molecule has 1 aliphatic rings. The third-order valence-corrected chi connectivity index (χ3v) is 8.23. The van der Waals surface area contributed by atoms with Crippen molar-refractivity contribution in [3.05, 3.63) is 102 Å². The summed E-state index contributed by atoms with van der Waals surface area (Å²) in [6, 6.07) is 19.7. The van der Waals surface area contributed by atoms with E-state index in [0.29, 0.717) is 19.4 Å². The summed E-state index contributed by atoms with van der Waals surface area (Å²) in [7, 11) is 0. The van der Waals surface area contributed by atoms with Crippen molar-refractivity contribution in [2.24, 2.45) is 5.73 Å². The number of H-pyrrole nitrogens is 1. The second kappa shape index (κ2) is 16.4. The molecule has 0 aliphatic carbocycles. The van der Waals surface area contributed by atoms with Crippen LogP contribution in [0.15, 0.2) is 85.1 Å². The Hall–Kier alpha value is -5.16. The molecular weight excluding hydrogens is 596 g/mol. The molecule has 248 valence electrons. The SMILES string of the molecule is C.NC(Cc1ccc(O)cc1)C(=O)NC1CCCCNC(=O)C(Cc2ccccc2)NC(=O)C(Cc2c[nH]c3ccccc23)NC1=O. The van der Waals surface area contributed by atoms with Crippen LogP contribution < -0.4 is 27.0 Å². The monoisotopic (exact) mass is 640 g/mol. The molecule has 11 heteroatoms. The van der Waals surface area contributed by atoms with Gasteiger partial charge in [-0.05, 0) is 60.6 Å². The van der Waals surface area contributed by atoms with Crippen molar-refractivity contribution in [1.82, 2.24) is 26.3 Å². The van der Waals surface area contributed by atoms with Crippen LogP contribution in [0.5, 0.6) is 5.75 Å². The van der Waals surface area contributed by atoms with E-state index in [4.69, 9.17) is 5.73 Å². The van der Waals surface area contributed by atoms with Crippen molar-refractivity contribution in [3.63, 3.8) is 0 Å². The highest BCUT2D eigenvalue weighted by molar-refractivity contribution is 5.95. The zero-order valence-electron chi connectivity index (χ0n) is 25.5. The van der Waals surface area contributed by atoms with Crippen LogP contribution in [0, 0.1) is 0 Å². The highest BCUT2D eigenvalue weighted by Gasteiger charge is 2.31. The predicted molar refractivity (Wildman–Crippen MR) is 181 cm³/mol. The van der Waals surface area contributed by atoms with E-state index in [1.807, 2.05) is 54.6 Å². The number of aromatic hydroxyl groups is 1. The van der Waals surface area contributed by atoms with Gasteiger partial charge < -0.3 is 37.1 Å². The number of fused-ring (bicyclic) bond motifs is 1. The molecule has 4 aromatic rings. The number of carbonyl (C=O) groups is 4. The number of benzene rings is 3. The van der Waals surface area contributed by atoms with Gasteiger partial charge in [-0.3, -0.25) is 19.2 Å². The molecule has 0 radical (unpaired) electrons. The molecule has 4 atom stereocenters. The summed E-state index contributed by atoms with van der Waals surface area (Å²) in [6.07, 6.45) is 3.83. The summed E-state index contributed by atoms with van der Waals surface area (Å²) in [5, 5.41) is 21.9. The van der Waals surface area contributed by atoms with Crippen LogP contribution in [0.2, 0.25) is 0 Å². The average Bonchev–Trinajstić information content (AvgIpc) is 3.47. The fourth-order valence-corrected chi connectivity index (χ4v) is 5.67. The number of amides is 4. The summed E-state index contributed by atoms with van der Waals surface area (Å²) >= 11 is 0. The number of aromatic nitrogens is 1. The maximum absolute atomic E-state index is 13.9. The lowest BCUT2D eigenvalue weighted by Crippen LogP contribution is -2.58. The molecular formula is C36H44N6O5. The molecule has 1 aliphatic heterocycles. The molecule has 5 rings (SSSR count). The largest absolute Gasteiger partial charge is 0.508 e. The number of hydrogen-bond acceptors (Lipinski definition) is 6. The molecule has 1 saturated heterocycles. The summed E-state index contributed by atoms with van der Waals surface area (Å²) in [5.41, 5.74) is 9.56. The number of aromatic amines is 1. The molecule has 4 unspecified atom stereocenters. The molecule has 2 heterocycles. The van der Waals surface area contributed by atoms with E-state index in [9.17, 15) is 24.3 Å². The van der Waals surface area contributed by atoms with E-state index < -0.39 is 41.9 Å². The standard InChI is InChI=1S/C35H40N6O5.CH4/c36-27(18-23-13-15-25(42)16-14-23)32(43)39-29-12-6-7-17-37-33(44)30(19-22-8-2-1-3-9-22)40-35(46)31(41-34(29)45)20-24-21-38-28-11-5-4-10-26(24)28;/h1-5,8-11,13-16,21,27,29-31,38,42H,6-7,12,17-20,36H2,(H,37,44)(H,39,43)(H,40,46)(H,41,45);1H4.